The monoisotopic (exact) mass is 417 g/mol. The van der Waals surface area contributed by atoms with Crippen LogP contribution >= 0.6 is 0 Å². The number of carbonyl (C=O) groups excluding carboxylic acids is 3. The van der Waals surface area contributed by atoms with Gasteiger partial charge in [0.1, 0.15) is 23.2 Å². The number of fused-ring (bicyclic) bond motifs is 4. The molecule has 6 rings (SSSR count). The van der Waals surface area contributed by atoms with Crippen molar-refractivity contribution in [3.05, 3.63) is 59.7 Å². The van der Waals surface area contributed by atoms with E-state index in [9.17, 15) is 14.4 Å². The Hall–Kier alpha value is -3.35. The molecular formula is C24H23N3O4. The van der Waals surface area contributed by atoms with Crippen LogP contribution in [0.15, 0.2) is 48.5 Å². The standard InChI is InChI=1S/C24H23N3O4/c1-31-15-9-10-16-17(12-15)25-23(30)24(16)13-19-21(28)26-11-5-8-18(26)22(29)27(19)20(24)14-6-3-2-4-7-14/h2-4,6-7,9-10,12,18-20H,5,8,11,13H2,1H3,(H,25,30)/t18-,19-,20-,24-/m0/s1. The molecule has 1 N–H and O–H groups in total. The van der Waals surface area contributed by atoms with Crippen molar-refractivity contribution in [2.75, 3.05) is 19.0 Å². The van der Waals surface area contributed by atoms with Gasteiger partial charge in [-0.1, -0.05) is 36.4 Å². The van der Waals surface area contributed by atoms with Crippen LogP contribution in [0.2, 0.25) is 0 Å². The van der Waals surface area contributed by atoms with Crippen molar-refractivity contribution in [2.24, 2.45) is 0 Å². The number of hydrogen-bond acceptors (Lipinski definition) is 4. The van der Waals surface area contributed by atoms with Crippen LogP contribution in [0.1, 0.15) is 36.4 Å². The minimum atomic E-state index is -1.02. The van der Waals surface area contributed by atoms with Gasteiger partial charge in [0.05, 0.1) is 13.2 Å². The first-order valence-corrected chi connectivity index (χ1v) is 10.7. The Morgan fingerprint density at radius 3 is 2.61 bits per heavy atom. The van der Waals surface area contributed by atoms with E-state index in [-0.39, 0.29) is 24.1 Å². The van der Waals surface area contributed by atoms with Crippen LogP contribution in [-0.2, 0) is 19.8 Å². The average Bonchev–Trinajstić information content (AvgIpc) is 3.48. The zero-order chi connectivity index (χ0) is 21.3. The molecular weight excluding hydrogens is 394 g/mol. The number of benzene rings is 2. The van der Waals surface area contributed by atoms with Crippen LogP contribution in [0.4, 0.5) is 5.69 Å². The number of nitrogens with one attached hydrogen (secondary N) is 1. The average molecular weight is 417 g/mol. The van der Waals surface area contributed by atoms with E-state index in [4.69, 9.17) is 4.74 Å². The number of hydrogen-bond donors (Lipinski definition) is 1. The van der Waals surface area contributed by atoms with Crippen molar-refractivity contribution >= 4 is 23.4 Å². The highest BCUT2D eigenvalue weighted by atomic mass is 16.5. The van der Waals surface area contributed by atoms with Crippen LogP contribution in [0, 0.1) is 0 Å². The van der Waals surface area contributed by atoms with Crippen LogP contribution in [0.25, 0.3) is 0 Å². The molecule has 7 heteroatoms. The summed E-state index contributed by atoms with van der Waals surface area (Å²) in [5.41, 5.74) is 1.36. The minimum Gasteiger partial charge on any atom is -0.497 e. The summed E-state index contributed by atoms with van der Waals surface area (Å²) in [6.07, 6.45) is 1.81. The van der Waals surface area contributed by atoms with Crippen molar-refractivity contribution < 1.29 is 19.1 Å². The number of ether oxygens (including phenoxy) is 1. The predicted molar refractivity (Wildman–Crippen MR) is 112 cm³/mol. The van der Waals surface area contributed by atoms with Crippen LogP contribution in [-0.4, -0.2) is 53.3 Å². The van der Waals surface area contributed by atoms with Crippen molar-refractivity contribution in [1.29, 1.82) is 0 Å². The molecule has 4 atom stereocenters. The zero-order valence-corrected chi connectivity index (χ0v) is 17.2. The van der Waals surface area contributed by atoms with Gasteiger partial charge in [-0.15, -0.1) is 0 Å². The van der Waals surface area contributed by atoms with Gasteiger partial charge in [-0.3, -0.25) is 14.4 Å². The molecule has 0 saturated carbocycles. The molecule has 3 fully saturated rings. The summed E-state index contributed by atoms with van der Waals surface area (Å²) in [4.78, 5) is 44.2. The summed E-state index contributed by atoms with van der Waals surface area (Å²) in [6.45, 7) is 0.614. The molecule has 0 aliphatic carbocycles. The lowest BCUT2D eigenvalue weighted by molar-refractivity contribution is -0.159. The molecule has 158 valence electrons. The maximum absolute atomic E-state index is 13.7. The van der Waals surface area contributed by atoms with E-state index in [2.05, 4.69) is 5.32 Å². The first-order valence-electron chi connectivity index (χ1n) is 10.7. The summed E-state index contributed by atoms with van der Waals surface area (Å²) in [7, 11) is 1.58. The van der Waals surface area contributed by atoms with Crippen molar-refractivity contribution in [1.82, 2.24) is 9.80 Å². The second-order valence-electron chi connectivity index (χ2n) is 8.81. The molecule has 0 aromatic heterocycles. The van der Waals surface area contributed by atoms with Gasteiger partial charge >= 0.3 is 0 Å². The third-order valence-electron chi connectivity index (χ3n) is 7.43. The maximum atomic E-state index is 13.7. The Balaban J connectivity index is 1.57. The fourth-order valence-electron chi connectivity index (χ4n) is 6.12. The first-order chi connectivity index (χ1) is 15.1. The lowest BCUT2D eigenvalue weighted by Crippen LogP contribution is -2.61. The number of amides is 3. The molecule has 4 heterocycles. The first kappa shape index (κ1) is 18.4. The molecule has 3 saturated heterocycles. The number of methoxy groups -OCH3 is 1. The summed E-state index contributed by atoms with van der Waals surface area (Å²) in [5.74, 6) is 0.410. The van der Waals surface area contributed by atoms with Gasteiger partial charge in [-0.05, 0) is 36.5 Å². The highest BCUT2D eigenvalue weighted by molar-refractivity contribution is 6.10. The van der Waals surface area contributed by atoms with Crippen LogP contribution in [0.5, 0.6) is 5.75 Å². The highest BCUT2D eigenvalue weighted by Gasteiger charge is 2.67. The quantitative estimate of drug-likeness (QED) is 0.813. The number of carbonyl (C=O) groups is 3. The molecule has 2 aromatic carbocycles. The summed E-state index contributed by atoms with van der Waals surface area (Å²) >= 11 is 0. The zero-order valence-electron chi connectivity index (χ0n) is 17.2. The van der Waals surface area contributed by atoms with E-state index in [0.717, 1.165) is 17.5 Å². The third-order valence-corrected chi connectivity index (χ3v) is 7.43. The molecule has 4 aliphatic rings. The second kappa shape index (κ2) is 6.33. The summed E-state index contributed by atoms with van der Waals surface area (Å²) < 4.78 is 5.34. The molecule has 4 aliphatic heterocycles. The van der Waals surface area contributed by atoms with E-state index in [1.165, 1.54) is 0 Å². The van der Waals surface area contributed by atoms with E-state index in [1.807, 2.05) is 48.5 Å². The number of piperazine rings is 1. The van der Waals surface area contributed by atoms with Gasteiger partial charge < -0.3 is 19.9 Å². The lowest BCUT2D eigenvalue weighted by atomic mass is 9.72. The van der Waals surface area contributed by atoms with Crippen molar-refractivity contribution in [3.8, 4) is 5.75 Å². The Kier molecular flexibility index (Phi) is 3.76. The normalized spacial score (nSPS) is 31.0. The Bertz CT molecular complexity index is 1120. The summed E-state index contributed by atoms with van der Waals surface area (Å²) in [6, 6.07) is 13.6. The molecule has 3 amide bonds. The van der Waals surface area contributed by atoms with Crippen LogP contribution in [0.3, 0.4) is 0 Å². The largest absolute Gasteiger partial charge is 0.497 e. The van der Waals surface area contributed by atoms with Gasteiger partial charge in [0.15, 0.2) is 0 Å². The Labute approximate surface area is 180 Å². The number of nitrogens with zero attached hydrogens (tertiary/aromatic N) is 2. The lowest BCUT2D eigenvalue weighted by Gasteiger charge is -2.42. The van der Waals surface area contributed by atoms with E-state index in [1.54, 1.807) is 16.9 Å². The van der Waals surface area contributed by atoms with Crippen molar-refractivity contribution in [3.63, 3.8) is 0 Å². The topological polar surface area (TPSA) is 79.0 Å². The summed E-state index contributed by atoms with van der Waals surface area (Å²) in [5, 5.41) is 3.01. The smallest absolute Gasteiger partial charge is 0.246 e. The SMILES string of the molecule is COc1ccc2c(c1)NC(=O)[C@@]21C[C@H]2C(=O)N3CCC[C@H]3C(=O)N2[C@H]1c1ccccc1. The van der Waals surface area contributed by atoms with Gasteiger partial charge in [-0.2, -0.15) is 0 Å². The Morgan fingerprint density at radius 1 is 1.03 bits per heavy atom. The van der Waals surface area contributed by atoms with Gasteiger partial charge in [0.25, 0.3) is 0 Å². The number of rotatable bonds is 2. The van der Waals surface area contributed by atoms with E-state index >= 15 is 0 Å². The molecule has 1 spiro atoms. The fraction of sp³-hybridized carbons (Fsp3) is 0.375. The van der Waals surface area contributed by atoms with E-state index in [0.29, 0.717) is 24.4 Å². The number of anilines is 1. The molecule has 7 nitrogen and oxygen atoms in total. The third kappa shape index (κ3) is 2.26. The molecule has 2 aromatic rings. The van der Waals surface area contributed by atoms with Gasteiger partial charge in [0.2, 0.25) is 17.7 Å². The van der Waals surface area contributed by atoms with Crippen LogP contribution < -0.4 is 10.1 Å². The van der Waals surface area contributed by atoms with Gasteiger partial charge in [-0.25, -0.2) is 0 Å². The molecule has 31 heavy (non-hydrogen) atoms. The van der Waals surface area contributed by atoms with Crippen molar-refractivity contribution in [2.45, 2.75) is 42.8 Å². The molecule has 0 radical (unpaired) electrons. The van der Waals surface area contributed by atoms with Gasteiger partial charge in [0, 0.05) is 18.3 Å². The second-order valence-corrected chi connectivity index (χ2v) is 8.81. The maximum Gasteiger partial charge on any atom is 0.246 e. The molecule has 0 bridgehead atoms. The molecule has 0 unspecified atom stereocenters. The predicted octanol–water partition coefficient (Wildman–Crippen LogP) is 2.23. The highest BCUT2D eigenvalue weighted by Crippen LogP contribution is 2.58. The van der Waals surface area contributed by atoms with E-state index < -0.39 is 23.5 Å². The fourth-order valence-corrected chi connectivity index (χ4v) is 6.12. The minimum absolute atomic E-state index is 0.0327. The Morgan fingerprint density at radius 2 is 1.84 bits per heavy atom.